The maximum atomic E-state index is 10.4. The fourth-order valence-electron chi connectivity index (χ4n) is 3.56. The molecule has 22 heavy (non-hydrogen) atoms. The van der Waals surface area contributed by atoms with Crippen molar-refractivity contribution in [2.75, 3.05) is 0 Å². The number of phenolic OH excluding ortho intramolecular Hbond substituents is 2. The van der Waals surface area contributed by atoms with E-state index < -0.39 is 0 Å². The van der Waals surface area contributed by atoms with E-state index in [0.717, 1.165) is 17.5 Å². The van der Waals surface area contributed by atoms with Gasteiger partial charge in [0.25, 0.3) is 0 Å². The Labute approximate surface area is 132 Å². The summed E-state index contributed by atoms with van der Waals surface area (Å²) in [6.45, 7) is 1.99. The molecule has 0 unspecified atom stereocenters. The van der Waals surface area contributed by atoms with E-state index in [0.29, 0.717) is 17.4 Å². The van der Waals surface area contributed by atoms with Gasteiger partial charge in [0, 0.05) is 0 Å². The Morgan fingerprint density at radius 1 is 0.909 bits per heavy atom. The van der Waals surface area contributed by atoms with Gasteiger partial charge in [0.1, 0.15) is 11.5 Å². The first kappa shape index (κ1) is 15.0. The number of benzene rings is 2. The molecule has 0 aliphatic heterocycles. The molecule has 2 nitrogen and oxygen atoms in total. The molecule has 0 aromatic heterocycles. The molecule has 1 saturated carbocycles. The standard InChI is InChI=1S/C20H24O2/c1-14-11-16(12-15-7-9-18(21)10-8-15)13-19(20(14)22)17-5-3-2-4-6-17/h7-11,13,17,21-22H,2-6,12H2,1H3. The lowest BCUT2D eigenvalue weighted by Gasteiger charge is -2.24. The van der Waals surface area contributed by atoms with Crippen molar-refractivity contribution < 1.29 is 10.2 Å². The second-order valence-electron chi connectivity index (χ2n) is 6.53. The third-order valence-corrected chi connectivity index (χ3v) is 4.78. The first-order valence-electron chi connectivity index (χ1n) is 8.24. The van der Waals surface area contributed by atoms with Gasteiger partial charge >= 0.3 is 0 Å². The molecule has 116 valence electrons. The molecule has 0 spiro atoms. The lowest BCUT2D eigenvalue weighted by Crippen LogP contribution is -2.06. The summed E-state index contributed by atoms with van der Waals surface area (Å²) < 4.78 is 0. The fourth-order valence-corrected chi connectivity index (χ4v) is 3.56. The molecule has 2 aromatic rings. The first-order valence-corrected chi connectivity index (χ1v) is 8.24. The average Bonchev–Trinajstić information content (AvgIpc) is 2.54. The smallest absolute Gasteiger partial charge is 0.121 e. The molecule has 0 bridgehead atoms. The van der Waals surface area contributed by atoms with Crippen LogP contribution < -0.4 is 0 Å². The molecular formula is C20H24O2. The van der Waals surface area contributed by atoms with Crippen LogP contribution in [0.1, 0.15) is 60.3 Å². The van der Waals surface area contributed by atoms with E-state index >= 15 is 0 Å². The average molecular weight is 296 g/mol. The van der Waals surface area contributed by atoms with E-state index in [1.165, 1.54) is 43.2 Å². The number of hydrogen-bond donors (Lipinski definition) is 2. The van der Waals surface area contributed by atoms with Crippen molar-refractivity contribution in [3.63, 3.8) is 0 Å². The van der Waals surface area contributed by atoms with Gasteiger partial charge in [-0.2, -0.15) is 0 Å². The largest absolute Gasteiger partial charge is 0.508 e. The van der Waals surface area contributed by atoms with Crippen LogP contribution in [0.5, 0.6) is 11.5 Å². The van der Waals surface area contributed by atoms with Crippen LogP contribution in [0.3, 0.4) is 0 Å². The fraction of sp³-hybridized carbons (Fsp3) is 0.400. The molecule has 0 heterocycles. The molecule has 3 rings (SSSR count). The van der Waals surface area contributed by atoms with Crippen LogP contribution in [0.4, 0.5) is 0 Å². The number of aromatic hydroxyl groups is 2. The Balaban J connectivity index is 1.88. The number of hydrogen-bond acceptors (Lipinski definition) is 2. The summed E-state index contributed by atoms with van der Waals surface area (Å²) in [5, 5.41) is 19.8. The van der Waals surface area contributed by atoms with Gasteiger partial charge in [-0.15, -0.1) is 0 Å². The highest BCUT2D eigenvalue weighted by Gasteiger charge is 2.20. The quantitative estimate of drug-likeness (QED) is 0.832. The number of phenols is 2. The van der Waals surface area contributed by atoms with Gasteiger partial charge < -0.3 is 10.2 Å². The summed E-state index contributed by atoms with van der Waals surface area (Å²) in [4.78, 5) is 0. The van der Waals surface area contributed by atoms with Crippen LogP contribution in [0, 0.1) is 6.92 Å². The van der Waals surface area contributed by atoms with Crippen molar-refractivity contribution >= 4 is 0 Å². The van der Waals surface area contributed by atoms with Crippen molar-refractivity contribution in [2.24, 2.45) is 0 Å². The van der Waals surface area contributed by atoms with Gasteiger partial charge in [-0.25, -0.2) is 0 Å². The Bertz CT molecular complexity index is 638. The van der Waals surface area contributed by atoms with Gasteiger partial charge in [0.2, 0.25) is 0 Å². The number of rotatable bonds is 3. The molecular weight excluding hydrogens is 272 g/mol. The predicted molar refractivity (Wildman–Crippen MR) is 89.6 cm³/mol. The highest BCUT2D eigenvalue weighted by Crippen LogP contribution is 2.39. The van der Waals surface area contributed by atoms with E-state index in [2.05, 4.69) is 12.1 Å². The van der Waals surface area contributed by atoms with Crippen LogP contribution in [0.25, 0.3) is 0 Å². The van der Waals surface area contributed by atoms with Crippen LogP contribution in [0.2, 0.25) is 0 Å². The molecule has 0 saturated heterocycles. The summed E-state index contributed by atoms with van der Waals surface area (Å²) in [6, 6.07) is 11.6. The monoisotopic (exact) mass is 296 g/mol. The molecule has 1 aliphatic rings. The summed E-state index contributed by atoms with van der Waals surface area (Å²) in [7, 11) is 0. The zero-order valence-corrected chi connectivity index (χ0v) is 13.2. The van der Waals surface area contributed by atoms with Gasteiger partial charge in [-0.3, -0.25) is 0 Å². The minimum Gasteiger partial charge on any atom is -0.508 e. The lowest BCUT2D eigenvalue weighted by molar-refractivity contribution is 0.412. The topological polar surface area (TPSA) is 40.5 Å². The van der Waals surface area contributed by atoms with Crippen molar-refractivity contribution in [3.8, 4) is 11.5 Å². The Hall–Kier alpha value is -1.96. The predicted octanol–water partition coefficient (Wildman–Crippen LogP) is 5.04. The minimum atomic E-state index is 0.300. The molecule has 1 aliphatic carbocycles. The second kappa shape index (κ2) is 6.43. The van der Waals surface area contributed by atoms with Gasteiger partial charge in [0.15, 0.2) is 0 Å². The van der Waals surface area contributed by atoms with Gasteiger partial charge in [-0.1, -0.05) is 43.5 Å². The van der Waals surface area contributed by atoms with E-state index in [1.54, 1.807) is 12.1 Å². The van der Waals surface area contributed by atoms with Crippen molar-refractivity contribution in [2.45, 2.75) is 51.4 Å². The minimum absolute atomic E-state index is 0.300. The van der Waals surface area contributed by atoms with Crippen molar-refractivity contribution in [1.29, 1.82) is 0 Å². The zero-order valence-electron chi connectivity index (χ0n) is 13.2. The third-order valence-electron chi connectivity index (χ3n) is 4.78. The zero-order chi connectivity index (χ0) is 15.5. The van der Waals surface area contributed by atoms with Crippen LogP contribution in [-0.4, -0.2) is 10.2 Å². The molecule has 2 heteroatoms. The molecule has 2 aromatic carbocycles. The van der Waals surface area contributed by atoms with Crippen LogP contribution in [-0.2, 0) is 6.42 Å². The molecule has 1 fully saturated rings. The molecule has 0 amide bonds. The maximum Gasteiger partial charge on any atom is 0.121 e. The molecule has 0 atom stereocenters. The summed E-state index contributed by atoms with van der Waals surface area (Å²) in [5.74, 6) is 1.29. The Kier molecular flexibility index (Phi) is 4.37. The van der Waals surface area contributed by atoms with E-state index in [9.17, 15) is 10.2 Å². The van der Waals surface area contributed by atoms with Gasteiger partial charge in [-0.05, 0) is 66.5 Å². The van der Waals surface area contributed by atoms with Crippen molar-refractivity contribution in [3.05, 3.63) is 58.7 Å². The summed E-state index contributed by atoms with van der Waals surface area (Å²) in [6.07, 6.45) is 7.08. The highest BCUT2D eigenvalue weighted by molar-refractivity contribution is 5.46. The SMILES string of the molecule is Cc1cc(Cc2ccc(O)cc2)cc(C2CCCCC2)c1O. The Morgan fingerprint density at radius 3 is 2.27 bits per heavy atom. The van der Waals surface area contributed by atoms with E-state index in [4.69, 9.17) is 0 Å². The lowest BCUT2D eigenvalue weighted by atomic mass is 9.82. The van der Waals surface area contributed by atoms with Crippen LogP contribution >= 0.6 is 0 Å². The van der Waals surface area contributed by atoms with Gasteiger partial charge in [0.05, 0.1) is 0 Å². The van der Waals surface area contributed by atoms with Crippen LogP contribution in [0.15, 0.2) is 36.4 Å². The van der Waals surface area contributed by atoms with Crippen molar-refractivity contribution in [1.82, 2.24) is 0 Å². The first-order chi connectivity index (χ1) is 10.6. The summed E-state index contributed by atoms with van der Waals surface area (Å²) >= 11 is 0. The maximum absolute atomic E-state index is 10.4. The Morgan fingerprint density at radius 2 is 1.59 bits per heavy atom. The highest BCUT2D eigenvalue weighted by atomic mass is 16.3. The second-order valence-corrected chi connectivity index (χ2v) is 6.53. The van der Waals surface area contributed by atoms with E-state index in [-0.39, 0.29) is 0 Å². The summed E-state index contributed by atoms with van der Waals surface area (Å²) in [5.41, 5.74) is 4.52. The van der Waals surface area contributed by atoms with E-state index in [1.807, 2.05) is 19.1 Å². The number of aryl methyl sites for hydroxylation is 1. The normalized spacial score (nSPS) is 15.9. The molecule has 2 N–H and O–H groups in total. The molecule has 0 radical (unpaired) electrons. The third kappa shape index (κ3) is 3.27.